The predicted molar refractivity (Wildman–Crippen MR) is 93.3 cm³/mol. The Hall–Kier alpha value is -2.18. The lowest BCUT2D eigenvalue weighted by molar-refractivity contribution is -0.384. The second-order valence-electron chi connectivity index (χ2n) is 6.48. The summed E-state index contributed by atoms with van der Waals surface area (Å²) in [5.41, 5.74) is 0.782. The van der Waals surface area contributed by atoms with Crippen LogP contribution in [0.15, 0.2) is 18.2 Å². The van der Waals surface area contributed by atoms with E-state index >= 15 is 0 Å². The molecule has 134 valence electrons. The van der Waals surface area contributed by atoms with Crippen LogP contribution in [-0.2, 0) is 9.84 Å². The van der Waals surface area contributed by atoms with Crippen molar-refractivity contribution in [1.82, 2.24) is 4.90 Å². The number of nitriles is 1. The highest BCUT2D eigenvalue weighted by atomic mass is 32.2. The van der Waals surface area contributed by atoms with Gasteiger partial charge in [-0.15, -0.1) is 0 Å². The zero-order chi connectivity index (χ0) is 18.0. The van der Waals surface area contributed by atoms with Gasteiger partial charge < -0.3 is 4.90 Å². The Morgan fingerprint density at radius 1 is 1.16 bits per heavy atom. The van der Waals surface area contributed by atoms with Crippen LogP contribution in [0, 0.1) is 21.4 Å². The van der Waals surface area contributed by atoms with Crippen LogP contribution in [0.5, 0.6) is 0 Å². The van der Waals surface area contributed by atoms with E-state index in [1.807, 2.05) is 11.0 Å². The van der Waals surface area contributed by atoms with Crippen molar-refractivity contribution in [2.45, 2.75) is 18.9 Å². The molecule has 1 aromatic carbocycles. The molecule has 9 heteroatoms. The van der Waals surface area contributed by atoms with E-state index in [2.05, 4.69) is 4.90 Å². The molecule has 2 aliphatic heterocycles. The number of nitrogens with zero attached hydrogens (tertiary/aromatic N) is 4. The minimum atomic E-state index is -2.88. The highest BCUT2D eigenvalue weighted by molar-refractivity contribution is 7.91. The monoisotopic (exact) mass is 364 g/mol. The van der Waals surface area contributed by atoms with Crippen LogP contribution in [0.3, 0.4) is 0 Å². The van der Waals surface area contributed by atoms with Gasteiger partial charge in [-0.1, -0.05) is 0 Å². The fourth-order valence-electron chi connectivity index (χ4n) is 3.57. The SMILES string of the molecule is N#Cc1ccc(N2CCC(N3CCS(=O)(=O)CC3)CC2)c([N+](=O)[O-])c1. The maximum atomic E-state index is 11.5. The summed E-state index contributed by atoms with van der Waals surface area (Å²) in [5.74, 6) is 0.433. The van der Waals surface area contributed by atoms with E-state index in [1.165, 1.54) is 6.07 Å². The van der Waals surface area contributed by atoms with Gasteiger partial charge in [0.2, 0.25) is 0 Å². The summed E-state index contributed by atoms with van der Waals surface area (Å²) >= 11 is 0. The fraction of sp³-hybridized carbons (Fsp3) is 0.562. The Morgan fingerprint density at radius 2 is 1.80 bits per heavy atom. The molecule has 0 radical (unpaired) electrons. The van der Waals surface area contributed by atoms with E-state index in [1.54, 1.807) is 12.1 Å². The van der Waals surface area contributed by atoms with Crippen LogP contribution in [0.2, 0.25) is 0 Å². The van der Waals surface area contributed by atoms with Crippen molar-refractivity contribution in [2.75, 3.05) is 42.6 Å². The number of anilines is 1. The molecule has 0 N–H and O–H groups in total. The van der Waals surface area contributed by atoms with Gasteiger partial charge in [0.05, 0.1) is 28.1 Å². The van der Waals surface area contributed by atoms with Gasteiger partial charge in [-0.3, -0.25) is 15.0 Å². The summed E-state index contributed by atoms with van der Waals surface area (Å²) in [6, 6.07) is 6.81. The van der Waals surface area contributed by atoms with Gasteiger partial charge in [0, 0.05) is 38.3 Å². The average Bonchev–Trinajstić information content (AvgIpc) is 2.61. The smallest absolute Gasteiger partial charge is 0.293 e. The highest BCUT2D eigenvalue weighted by Crippen LogP contribution is 2.32. The van der Waals surface area contributed by atoms with Crippen LogP contribution < -0.4 is 4.90 Å². The molecule has 0 atom stereocenters. The van der Waals surface area contributed by atoms with Crippen molar-refractivity contribution in [2.24, 2.45) is 0 Å². The summed E-state index contributed by atoms with van der Waals surface area (Å²) in [6.07, 6.45) is 1.69. The first kappa shape index (κ1) is 17.6. The van der Waals surface area contributed by atoms with Crippen molar-refractivity contribution < 1.29 is 13.3 Å². The molecule has 3 rings (SSSR count). The first-order valence-corrected chi connectivity index (χ1v) is 10.1. The van der Waals surface area contributed by atoms with Gasteiger partial charge in [0.25, 0.3) is 5.69 Å². The lowest BCUT2D eigenvalue weighted by atomic mass is 10.0. The molecule has 8 nitrogen and oxygen atoms in total. The van der Waals surface area contributed by atoms with E-state index in [0.29, 0.717) is 37.9 Å². The topological polar surface area (TPSA) is 108 Å². The standard InChI is InChI=1S/C16H20N4O4S/c17-12-13-1-2-15(16(11-13)20(21)22)19-5-3-14(4-6-19)18-7-9-25(23,24)10-8-18/h1-2,11,14H,3-10H2. The lowest BCUT2D eigenvalue weighted by Crippen LogP contribution is -2.50. The number of nitro groups is 1. The third-order valence-corrected chi connectivity index (χ3v) is 6.61. The normalized spacial score (nSPS) is 21.6. The van der Waals surface area contributed by atoms with Gasteiger partial charge in [-0.2, -0.15) is 5.26 Å². The molecule has 0 unspecified atom stereocenters. The number of nitro benzene ring substituents is 1. The molecule has 0 aromatic heterocycles. The van der Waals surface area contributed by atoms with Crippen molar-refractivity contribution in [1.29, 1.82) is 5.26 Å². The summed E-state index contributed by atoms with van der Waals surface area (Å²) in [6.45, 7) is 2.51. The molecule has 2 fully saturated rings. The number of piperidine rings is 1. The maximum Gasteiger partial charge on any atom is 0.293 e. The summed E-state index contributed by atoms with van der Waals surface area (Å²) in [4.78, 5) is 15.1. The maximum absolute atomic E-state index is 11.5. The van der Waals surface area contributed by atoms with E-state index < -0.39 is 14.8 Å². The minimum absolute atomic E-state index is 0.0402. The van der Waals surface area contributed by atoms with Crippen molar-refractivity contribution in [3.8, 4) is 6.07 Å². The minimum Gasteiger partial charge on any atom is -0.366 e. The molecule has 0 amide bonds. The number of hydrogen-bond donors (Lipinski definition) is 0. The number of rotatable bonds is 3. The molecule has 2 heterocycles. The summed E-state index contributed by atoms with van der Waals surface area (Å²) in [5, 5.41) is 20.2. The van der Waals surface area contributed by atoms with Gasteiger partial charge in [-0.05, 0) is 25.0 Å². The van der Waals surface area contributed by atoms with Gasteiger partial charge in [0.15, 0.2) is 9.84 Å². The Balaban J connectivity index is 1.67. The quantitative estimate of drug-likeness (QED) is 0.585. The van der Waals surface area contributed by atoms with Gasteiger partial charge in [0.1, 0.15) is 5.69 Å². The summed E-state index contributed by atoms with van der Waals surface area (Å²) < 4.78 is 23.1. The van der Waals surface area contributed by atoms with E-state index in [4.69, 9.17) is 5.26 Å². The van der Waals surface area contributed by atoms with Crippen molar-refractivity contribution >= 4 is 21.2 Å². The third kappa shape index (κ3) is 3.91. The molecule has 0 aliphatic carbocycles. The number of hydrogen-bond acceptors (Lipinski definition) is 7. The van der Waals surface area contributed by atoms with E-state index in [9.17, 15) is 18.5 Å². The largest absolute Gasteiger partial charge is 0.366 e. The van der Waals surface area contributed by atoms with Gasteiger partial charge >= 0.3 is 0 Å². The molecule has 0 spiro atoms. The number of sulfone groups is 1. The Morgan fingerprint density at radius 3 is 2.36 bits per heavy atom. The van der Waals surface area contributed by atoms with Crippen molar-refractivity contribution in [3.63, 3.8) is 0 Å². The molecule has 1 aromatic rings. The molecule has 0 bridgehead atoms. The highest BCUT2D eigenvalue weighted by Gasteiger charge is 2.31. The van der Waals surface area contributed by atoms with E-state index in [0.717, 1.165) is 12.8 Å². The molecule has 2 saturated heterocycles. The van der Waals surface area contributed by atoms with Crippen LogP contribution in [-0.4, -0.2) is 62.0 Å². The lowest BCUT2D eigenvalue weighted by Gasteiger charge is -2.40. The first-order valence-electron chi connectivity index (χ1n) is 8.27. The van der Waals surface area contributed by atoms with Crippen LogP contribution in [0.4, 0.5) is 11.4 Å². The fourth-order valence-corrected chi connectivity index (χ4v) is 4.80. The second-order valence-corrected chi connectivity index (χ2v) is 8.78. The van der Waals surface area contributed by atoms with Gasteiger partial charge in [-0.25, -0.2) is 8.42 Å². The van der Waals surface area contributed by atoms with Crippen LogP contribution >= 0.6 is 0 Å². The Labute approximate surface area is 146 Å². The number of benzene rings is 1. The molecule has 0 saturated carbocycles. The van der Waals surface area contributed by atoms with E-state index in [-0.39, 0.29) is 22.8 Å². The Bertz CT molecular complexity index is 796. The third-order valence-electron chi connectivity index (χ3n) is 5.00. The zero-order valence-corrected chi connectivity index (χ0v) is 14.6. The average molecular weight is 364 g/mol. The summed E-state index contributed by atoms with van der Waals surface area (Å²) in [7, 11) is -2.88. The predicted octanol–water partition coefficient (Wildman–Crippen LogP) is 1.17. The molecule has 25 heavy (non-hydrogen) atoms. The van der Waals surface area contributed by atoms with Crippen LogP contribution in [0.25, 0.3) is 0 Å². The second kappa shape index (κ2) is 6.98. The molecule has 2 aliphatic rings. The first-order chi connectivity index (χ1) is 11.9. The molecular formula is C16H20N4O4S. The van der Waals surface area contributed by atoms with Crippen LogP contribution in [0.1, 0.15) is 18.4 Å². The molecular weight excluding hydrogens is 344 g/mol. The van der Waals surface area contributed by atoms with Crippen molar-refractivity contribution in [3.05, 3.63) is 33.9 Å². The zero-order valence-electron chi connectivity index (χ0n) is 13.8. The Kier molecular flexibility index (Phi) is 4.92.